The summed E-state index contributed by atoms with van der Waals surface area (Å²) >= 11 is 0. The Bertz CT molecular complexity index is 811. The third-order valence-electron chi connectivity index (χ3n) is 3.58. The number of hydrogen-bond acceptors (Lipinski definition) is 5. The van der Waals surface area contributed by atoms with Crippen molar-refractivity contribution in [3.63, 3.8) is 0 Å². The number of ether oxygens (including phenoxy) is 1. The molecule has 0 spiro atoms. The van der Waals surface area contributed by atoms with Gasteiger partial charge in [0.2, 0.25) is 5.43 Å². The summed E-state index contributed by atoms with van der Waals surface area (Å²) in [6.45, 7) is 0.485. The number of nitrogens with two attached hydrogens (primary N) is 1. The number of esters is 1. The summed E-state index contributed by atoms with van der Waals surface area (Å²) < 4.78 is 6.21. The number of rotatable bonds is 5. The summed E-state index contributed by atoms with van der Waals surface area (Å²) in [4.78, 5) is 35.7. The Morgan fingerprint density at radius 2 is 2.09 bits per heavy atom. The molecular weight excluding hydrogens is 298 g/mol. The lowest BCUT2D eigenvalue weighted by Gasteiger charge is -2.10. The zero-order valence-corrected chi connectivity index (χ0v) is 13.1. The molecule has 2 rings (SSSR count). The SMILES string of the molecule is COC(=O)CCNC(=O)c1cn(C)c2cc(CN)ccc2c1=O. The van der Waals surface area contributed by atoms with Crippen LogP contribution in [0.2, 0.25) is 0 Å². The van der Waals surface area contributed by atoms with Crippen molar-refractivity contribution in [3.05, 3.63) is 45.7 Å². The molecule has 0 aliphatic rings. The highest BCUT2D eigenvalue weighted by atomic mass is 16.5. The standard InChI is InChI=1S/C16H19N3O4/c1-19-9-12(16(22)18-6-5-14(20)23-2)15(21)11-4-3-10(8-17)7-13(11)19/h3-4,7,9H,5-6,8,17H2,1-2H3,(H,18,22). The van der Waals surface area contributed by atoms with E-state index in [1.54, 1.807) is 23.7 Å². The number of methoxy groups -OCH3 is 1. The Morgan fingerprint density at radius 3 is 2.74 bits per heavy atom. The monoisotopic (exact) mass is 317 g/mol. The van der Waals surface area contributed by atoms with Crippen LogP contribution in [0.1, 0.15) is 22.3 Å². The molecule has 3 N–H and O–H groups in total. The first-order valence-electron chi connectivity index (χ1n) is 7.15. The van der Waals surface area contributed by atoms with Gasteiger partial charge >= 0.3 is 5.97 Å². The Hall–Kier alpha value is -2.67. The maximum Gasteiger partial charge on any atom is 0.307 e. The fourth-order valence-electron chi connectivity index (χ4n) is 2.29. The van der Waals surface area contributed by atoms with Crippen molar-refractivity contribution in [3.8, 4) is 0 Å². The molecule has 0 radical (unpaired) electrons. The molecule has 0 saturated carbocycles. The minimum atomic E-state index is -0.515. The predicted molar refractivity (Wildman–Crippen MR) is 86.0 cm³/mol. The minimum absolute atomic E-state index is 0.0327. The van der Waals surface area contributed by atoms with Crippen LogP contribution in [-0.2, 0) is 23.1 Å². The smallest absolute Gasteiger partial charge is 0.307 e. The van der Waals surface area contributed by atoms with E-state index < -0.39 is 11.9 Å². The lowest BCUT2D eigenvalue weighted by Crippen LogP contribution is -2.31. The van der Waals surface area contributed by atoms with E-state index in [1.165, 1.54) is 13.3 Å². The van der Waals surface area contributed by atoms with Gasteiger partial charge < -0.3 is 20.4 Å². The van der Waals surface area contributed by atoms with Crippen LogP contribution in [0.15, 0.2) is 29.2 Å². The molecule has 122 valence electrons. The van der Waals surface area contributed by atoms with E-state index >= 15 is 0 Å². The molecule has 0 unspecified atom stereocenters. The molecule has 0 aliphatic carbocycles. The number of benzene rings is 1. The Labute approximate surface area is 133 Å². The van der Waals surface area contributed by atoms with Gasteiger partial charge in [0.25, 0.3) is 5.91 Å². The molecule has 0 bridgehead atoms. The number of hydrogen-bond donors (Lipinski definition) is 2. The zero-order chi connectivity index (χ0) is 17.0. The molecule has 7 nitrogen and oxygen atoms in total. The molecule has 7 heteroatoms. The highest BCUT2D eigenvalue weighted by molar-refractivity contribution is 5.97. The van der Waals surface area contributed by atoms with Gasteiger partial charge in [-0.3, -0.25) is 14.4 Å². The van der Waals surface area contributed by atoms with E-state index in [2.05, 4.69) is 10.1 Å². The molecule has 0 aliphatic heterocycles. The first kappa shape index (κ1) is 16.7. The maximum atomic E-state index is 12.5. The van der Waals surface area contributed by atoms with Crippen molar-refractivity contribution in [2.45, 2.75) is 13.0 Å². The Balaban J connectivity index is 2.31. The zero-order valence-electron chi connectivity index (χ0n) is 13.1. The van der Waals surface area contributed by atoms with Gasteiger partial charge in [-0.2, -0.15) is 0 Å². The summed E-state index contributed by atoms with van der Waals surface area (Å²) in [6.07, 6.45) is 1.54. The van der Waals surface area contributed by atoms with Crippen LogP contribution >= 0.6 is 0 Å². The topological polar surface area (TPSA) is 103 Å². The van der Waals surface area contributed by atoms with Crippen LogP contribution in [0.4, 0.5) is 0 Å². The summed E-state index contributed by atoms with van der Waals surface area (Å²) in [5.74, 6) is -0.940. The molecule has 1 heterocycles. The lowest BCUT2D eigenvalue weighted by molar-refractivity contribution is -0.140. The van der Waals surface area contributed by atoms with Gasteiger partial charge in [0.1, 0.15) is 5.56 Å². The second-order valence-electron chi connectivity index (χ2n) is 5.12. The fraction of sp³-hybridized carbons (Fsp3) is 0.312. The van der Waals surface area contributed by atoms with Gasteiger partial charge in [-0.1, -0.05) is 6.07 Å². The van der Waals surface area contributed by atoms with E-state index in [1.807, 2.05) is 6.07 Å². The number of fused-ring (bicyclic) bond motifs is 1. The fourth-order valence-corrected chi connectivity index (χ4v) is 2.29. The highest BCUT2D eigenvalue weighted by Gasteiger charge is 2.15. The lowest BCUT2D eigenvalue weighted by atomic mass is 10.1. The predicted octanol–water partition coefficient (Wildman–Crippen LogP) is 0.290. The molecule has 23 heavy (non-hydrogen) atoms. The summed E-state index contributed by atoms with van der Waals surface area (Å²) in [5, 5.41) is 3.00. The largest absolute Gasteiger partial charge is 0.469 e. The highest BCUT2D eigenvalue weighted by Crippen LogP contribution is 2.13. The van der Waals surface area contributed by atoms with E-state index in [4.69, 9.17) is 5.73 Å². The average Bonchev–Trinajstić information content (AvgIpc) is 2.57. The second-order valence-corrected chi connectivity index (χ2v) is 5.12. The molecule has 0 atom stereocenters. The number of carbonyl (C=O) groups is 2. The molecule has 1 amide bonds. The number of carbonyl (C=O) groups excluding carboxylic acids is 2. The number of aromatic nitrogens is 1. The number of pyridine rings is 1. The quantitative estimate of drug-likeness (QED) is 0.772. The van der Waals surface area contributed by atoms with Crippen molar-refractivity contribution in [2.24, 2.45) is 12.8 Å². The van der Waals surface area contributed by atoms with E-state index in [0.717, 1.165) is 5.56 Å². The van der Waals surface area contributed by atoms with Crippen molar-refractivity contribution in [1.29, 1.82) is 0 Å². The number of amides is 1. The van der Waals surface area contributed by atoms with Gasteiger partial charge in [0, 0.05) is 31.7 Å². The molecule has 1 aromatic carbocycles. The summed E-state index contributed by atoms with van der Waals surface area (Å²) in [5.41, 5.74) is 6.91. The third kappa shape index (κ3) is 3.57. The van der Waals surface area contributed by atoms with Crippen LogP contribution in [0.5, 0.6) is 0 Å². The Kier molecular flexibility index (Phi) is 5.13. The van der Waals surface area contributed by atoms with Gasteiger partial charge in [0.05, 0.1) is 19.0 Å². The van der Waals surface area contributed by atoms with Gasteiger partial charge in [-0.25, -0.2) is 0 Å². The van der Waals surface area contributed by atoms with Crippen LogP contribution in [-0.4, -0.2) is 30.1 Å². The van der Waals surface area contributed by atoms with Gasteiger partial charge in [-0.05, 0) is 17.7 Å². The molecule has 2 aromatic rings. The normalized spacial score (nSPS) is 10.6. The van der Waals surface area contributed by atoms with E-state index in [-0.39, 0.29) is 24.0 Å². The first-order valence-corrected chi connectivity index (χ1v) is 7.15. The molecule has 1 aromatic heterocycles. The third-order valence-corrected chi connectivity index (χ3v) is 3.58. The Morgan fingerprint density at radius 1 is 1.35 bits per heavy atom. The number of nitrogens with one attached hydrogen (secondary N) is 1. The van der Waals surface area contributed by atoms with Crippen molar-refractivity contribution in [1.82, 2.24) is 9.88 Å². The van der Waals surface area contributed by atoms with Gasteiger partial charge in [0.15, 0.2) is 0 Å². The molecule has 0 saturated heterocycles. The first-order chi connectivity index (χ1) is 11.0. The molecule has 0 fully saturated rings. The minimum Gasteiger partial charge on any atom is -0.469 e. The van der Waals surface area contributed by atoms with Crippen molar-refractivity contribution in [2.75, 3.05) is 13.7 Å². The maximum absolute atomic E-state index is 12.5. The summed E-state index contributed by atoms with van der Waals surface area (Å²) in [6, 6.07) is 5.27. The van der Waals surface area contributed by atoms with Gasteiger partial charge in [-0.15, -0.1) is 0 Å². The molecular formula is C16H19N3O4. The van der Waals surface area contributed by atoms with E-state index in [9.17, 15) is 14.4 Å². The second kappa shape index (κ2) is 7.06. The summed E-state index contributed by atoms with van der Waals surface area (Å²) in [7, 11) is 3.03. The number of nitrogens with zero attached hydrogens (tertiary/aromatic N) is 1. The van der Waals surface area contributed by atoms with Crippen molar-refractivity contribution >= 4 is 22.8 Å². The average molecular weight is 317 g/mol. The number of aryl methyl sites for hydroxylation is 1. The van der Waals surface area contributed by atoms with Crippen LogP contribution in [0.25, 0.3) is 10.9 Å². The van der Waals surface area contributed by atoms with Crippen LogP contribution in [0.3, 0.4) is 0 Å². The van der Waals surface area contributed by atoms with E-state index in [0.29, 0.717) is 17.4 Å². The van der Waals surface area contributed by atoms with Crippen LogP contribution < -0.4 is 16.5 Å². The van der Waals surface area contributed by atoms with Crippen LogP contribution in [0, 0.1) is 0 Å². The van der Waals surface area contributed by atoms with Crippen molar-refractivity contribution < 1.29 is 14.3 Å².